The molecule has 1 aliphatic heterocycles. The molecular weight excluding hydrogens is 481 g/mol. The molecule has 1 aromatic heterocycles. The zero-order valence-corrected chi connectivity index (χ0v) is 17.6. The first-order valence-electron chi connectivity index (χ1n) is 12.8. The Kier molecular flexibility index (Phi) is 5.41. The van der Waals surface area contributed by atoms with E-state index in [1.54, 1.807) is 0 Å². The summed E-state index contributed by atoms with van der Waals surface area (Å²) in [5.41, 5.74) is -2.46. The molecule has 0 saturated carbocycles. The third kappa shape index (κ3) is 9.14. The summed E-state index contributed by atoms with van der Waals surface area (Å²) in [6.07, 6.45) is -19.0. The normalized spacial score (nSPS) is 45.1. The average Bonchev–Trinajstić information content (AvgIpc) is 3.01. The van der Waals surface area contributed by atoms with Crippen LogP contribution in [0.2, 0.25) is 2.82 Å². The van der Waals surface area contributed by atoms with Crippen molar-refractivity contribution in [3.8, 4) is 0 Å². The van der Waals surface area contributed by atoms with E-state index in [-0.39, 0.29) is 37.7 Å². The molecule has 0 amide bonds. The van der Waals surface area contributed by atoms with Crippen LogP contribution in [0.4, 0.5) is 5.82 Å². The molecular formula is C9H14Li2N3O14P3. The third-order valence-corrected chi connectivity index (χ3v) is 5.85. The van der Waals surface area contributed by atoms with Gasteiger partial charge in [0, 0.05) is 6.17 Å². The van der Waals surface area contributed by atoms with Gasteiger partial charge in [0.25, 0.3) is 15.6 Å². The summed E-state index contributed by atoms with van der Waals surface area (Å²) in [5, 5.41) is 7.80. The molecule has 31 heavy (non-hydrogen) atoms. The van der Waals surface area contributed by atoms with Crippen LogP contribution in [0.1, 0.15) is 17.2 Å². The van der Waals surface area contributed by atoms with Crippen molar-refractivity contribution in [1.82, 2.24) is 9.55 Å². The number of ether oxygens (including phenoxy) is 1. The number of nitrogen functional groups attached to an aromatic ring is 1. The molecule has 0 radical (unpaired) electrons. The van der Waals surface area contributed by atoms with E-state index in [2.05, 4.69) is 38.1 Å². The van der Waals surface area contributed by atoms with Gasteiger partial charge in [0.15, 0.2) is 9.03 Å². The van der Waals surface area contributed by atoms with E-state index < -0.39 is 88.5 Å². The minimum absolute atomic E-state index is 0. The molecule has 166 valence electrons. The van der Waals surface area contributed by atoms with Gasteiger partial charge in [0.1, 0.15) is 24.1 Å². The number of nitrogens with zero attached hydrogens (tertiary/aromatic N) is 2. The Balaban J connectivity index is 0.00000968. The Hall–Kier alpha value is 0.165. The number of anilines is 1. The molecule has 2 heterocycles. The Bertz CT molecular complexity index is 1470. The van der Waals surface area contributed by atoms with E-state index in [1.165, 1.54) is 0 Å². The van der Waals surface area contributed by atoms with Gasteiger partial charge in [-0.1, -0.05) is 0 Å². The van der Waals surface area contributed by atoms with Crippen LogP contribution in [-0.4, -0.2) is 60.1 Å². The first kappa shape index (κ1) is 14.5. The van der Waals surface area contributed by atoms with Crippen molar-refractivity contribution in [3.05, 3.63) is 22.7 Å². The number of phosphoric acid groups is 3. The van der Waals surface area contributed by atoms with Gasteiger partial charge < -0.3 is 40.3 Å². The van der Waals surface area contributed by atoms with E-state index in [9.17, 15) is 28.3 Å². The van der Waals surface area contributed by atoms with Crippen LogP contribution >= 0.6 is 23.5 Å². The van der Waals surface area contributed by atoms with Crippen molar-refractivity contribution in [2.24, 2.45) is 0 Å². The van der Waals surface area contributed by atoms with Gasteiger partial charge in [0.2, 0.25) is 5.72 Å². The number of phosphoric ester groups is 1. The van der Waals surface area contributed by atoms with Crippen molar-refractivity contribution in [2.45, 2.75) is 24.4 Å². The largest absolute Gasteiger partial charge is 1.00 e. The molecule has 4 unspecified atom stereocenters. The Morgan fingerprint density at radius 3 is 2.65 bits per heavy atom. The van der Waals surface area contributed by atoms with Gasteiger partial charge in [-0.25, -0.2) is 18.0 Å². The Labute approximate surface area is 217 Å². The summed E-state index contributed by atoms with van der Waals surface area (Å²) in [4.78, 5) is 44.9. The van der Waals surface area contributed by atoms with Crippen molar-refractivity contribution < 1.29 is 113 Å². The molecule has 17 nitrogen and oxygen atoms in total. The maximum absolute atomic E-state index is 12.7. The van der Waals surface area contributed by atoms with Gasteiger partial charge in [-0.3, -0.25) is 18.2 Å². The number of hydrogen-bond acceptors (Lipinski definition) is 16. The predicted molar refractivity (Wildman–Crippen MR) is 84.2 cm³/mol. The quantitative estimate of drug-likeness (QED) is 0.122. The van der Waals surface area contributed by atoms with Crippen LogP contribution in [-0.2, 0) is 31.6 Å². The fraction of sp³-hybridized carbons (Fsp3) is 0.556. The minimum Gasteiger partial charge on any atom is -0.756 e. The van der Waals surface area contributed by atoms with Crippen molar-refractivity contribution >= 4 is 29.3 Å². The summed E-state index contributed by atoms with van der Waals surface area (Å²) in [5.74, 6) is -1.17. The minimum atomic E-state index is -6.63. The topological polar surface area (TPSA) is 276 Å². The summed E-state index contributed by atoms with van der Waals surface area (Å²) in [6, 6.07) is -1.35. The first-order valence-corrected chi connectivity index (χ1v) is 10.6. The molecule has 1 fully saturated rings. The van der Waals surface area contributed by atoms with Crippen molar-refractivity contribution in [1.29, 1.82) is 5.72 Å². The van der Waals surface area contributed by atoms with E-state index in [1.807, 2.05) is 0 Å². The van der Waals surface area contributed by atoms with Crippen LogP contribution in [0.15, 0.2) is 17.0 Å². The van der Waals surface area contributed by atoms with Gasteiger partial charge in [0.05, 0.1) is 17.5 Å². The third-order valence-electron chi connectivity index (χ3n) is 2.33. The number of aliphatic hydroxyl groups is 2. The van der Waals surface area contributed by atoms with Crippen LogP contribution < -0.4 is 58.9 Å². The zero-order valence-electron chi connectivity index (χ0n) is 28.9. The van der Waals surface area contributed by atoms with Gasteiger partial charge in [-0.2, -0.15) is 4.98 Å². The van der Waals surface area contributed by atoms with E-state index in [0.717, 1.165) is 0 Å². The standard InChI is InChI=1S/C9H16N3O14P3.2Li/c10-5-1-2-12(9(15)11-5)8-7(14)6(13)4(24-8)3-23-28(19,20)26-29(21,22)25-27(16,17)18;;/h1-2,4,6-8,13-14H,3H2,(H,19,20)(H,21,22)(H2,10,11,15)(H2,16,17,18);;/q;2*+1/p-2/t4-,6?,7-,8-;;/m1../s1/i1D,2D,3D2,4D,6D,7D,8D,13D,14D;;/hD4. The number of rotatable bonds is 13. The molecule has 22 heteroatoms. The van der Waals surface area contributed by atoms with Crippen molar-refractivity contribution in [2.75, 3.05) is 12.3 Å². The molecule has 2 rings (SSSR count). The number of hydrogen-bond donors (Lipinski definition) is 5. The summed E-state index contributed by atoms with van der Waals surface area (Å²) < 4.78 is 158. The molecule has 1 aliphatic rings. The molecule has 0 spiro atoms. The summed E-state index contributed by atoms with van der Waals surface area (Å²) >= 11 is 0. The molecule has 1 aromatic rings. The zero-order chi connectivity index (χ0) is 33.8. The second kappa shape index (κ2) is 11.5. The fourth-order valence-electron chi connectivity index (χ4n) is 1.44. The van der Waals surface area contributed by atoms with Crippen LogP contribution in [0.25, 0.3) is 0 Å². The Morgan fingerprint density at radius 1 is 1.35 bits per heavy atom. The van der Waals surface area contributed by atoms with Gasteiger partial charge in [-0.05, 0) is 6.04 Å². The number of aromatic nitrogens is 2. The molecule has 0 aromatic carbocycles. The fourth-order valence-corrected chi connectivity index (χ4v) is 4.11. The summed E-state index contributed by atoms with van der Waals surface area (Å²) in [6.45, 7) is -4.67. The number of nitrogens with two attached hydrogens (primary N) is 1. The monoisotopic (exact) mass is 509 g/mol. The van der Waals surface area contributed by atoms with Crippen LogP contribution in [0, 0.1) is 0 Å². The summed E-state index contributed by atoms with van der Waals surface area (Å²) in [7, 11) is -19.2. The molecule has 7 atom stereocenters. The average molecular weight is 509 g/mol. The molecule has 0 aliphatic carbocycles. The maximum Gasteiger partial charge on any atom is 1.00 e. The second-order valence-electron chi connectivity index (χ2n) is 4.38. The molecule has 6 N–H and O–H groups in total. The SMILES string of the molecule is [2H]OC1([2H])[C@@]([2H])(C([2H])([2H])OP(=O)(O[2H])OP(=O)([O-])OP(=O)([O-])O[2H])O[C@@]([2H])(n2c([2H])c([2H])c(N([2H])[2H])nc2=O)[C@]1([2H])O[2H].[Li+].[Li+]. The van der Waals surface area contributed by atoms with Crippen molar-refractivity contribution in [3.63, 3.8) is 0 Å². The van der Waals surface area contributed by atoms with Crippen LogP contribution in [0.3, 0.4) is 0 Å². The van der Waals surface area contributed by atoms with E-state index >= 15 is 0 Å². The molecule has 1 saturated heterocycles. The van der Waals surface area contributed by atoms with E-state index in [0.29, 0.717) is 0 Å². The first-order chi connectivity index (χ1) is 19.2. The molecule has 0 bridgehead atoms. The van der Waals surface area contributed by atoms with Crippen LogP contribution in [0.5, 0.6) is 0 Å². The van der Waals surface area contributed by atoms with Gasteiger partial charge >= 0.3 is 51.2 Å². The predicted octanol–water partition coefficient (Wildman–Crippen LogP) is -9.47. The van der Waals surface area contributed by atoms with E-state index in [4.69, 9.17) is 24.3 Å². The smallest absolute Gasteiger partial charge is 0.756 e. The van der Waals surface area contributed by atoms with Gasteiger partial charge in [-0.15, -0.1) is 0 Å². The maximum atomic E-state index is 12.7. The Morgan fingerprint density at radius 2 is 2.06 bits per heavy atom. The second-order valence-corrected chi connectivity index (χ2v) is 8.56.